The van der Waals surface area contributed by atoms with Gasteiger partial charge in [0.2, 0.25) is 40.6 Å². The third-order valence-electron chi connectivity index (χ3n) is 10.5. The van der Waals surface area contributed by atoms with Crippen molar-refractivity contribution in [3.63, 3.8) is 0 Å². The van der Waals surface area contributed by atoms with Gasteiger partial charge >= 0.3 is 29.8 Å². The standard InChI is InChI=1S/C40H49N7O18S/c1-17(49)42-20(16-48)13-27(50)43-26(38(61)62)14-22(37(59)60)32(53)45-25(12-19-15-41-23-9-5-8-21(29(19)23)36(57)58)34(55)44-24(10-11-28(51)52)33(54)46-30(18-6-3-2-4-7-18)35(56)47-31(39(63)64)40(65)66/h5,8-9,15-16,18,20,22,24-26,30-31,41H,2-4,6-7,10-14H2,1H3,(H,42,49)(H,43,50)(H,44,55)(H,45,53)(H,46,54)(H,47,56)(H,51,52)(H,57,58)(H,59,60)(H,61,62)(H,63,64)(H,65,66)/t20-,22?,24-,25-,26+,30-,31+/m0/s1. The second kappa shape index (κ2) is 24.6. The number of aliphatic carboxylic acids is 4. The van der Waals surface area contributed by atoms with Crippen LogP contribution in [0.2, 0.25) is 0 Å². The molecule has 12 N–H and O–H groups in total. The number of thiol groups is 1. The molecule has 0 aliphatic heterocycles. The van der Waals surface area contributed by atoms with E-state index in [1.807, 2.05) is 10.6 Å². The second-order valence-corrected chi connectivity index (χ2v) is 15.8. The first-order chi connectivity index (χ1) is 31.0. The van der Waals surface area contributed by atoms with Crippen molar-refractivity contribution in [1.29, 1.82) is 0 Å². The topological polar surface area (TPSA) is 411 Å². The summed E-state index contributed by atoms with van der Waals surface area (Å²) >= 11 is 3.50. The number of rotatable bonds is 26. The lowest BCUT2D eigenvalue weighted by atomic mass is 9.83. The molecule has 7 atom stereocenters. The number of hydrogen-bond acceptors (Lipinski definition) is 13. The van der Waals surface area contributed by atoms with E-state index in [0.29, 0.717) is 25.7 Å². The number of aromatic carboxylic acids is 1. The van der Waals surface area contributed by atoms with Crippen LogP contribution in [-0.2, 0) is 64.0 Å². The van der Waals surface area contributed by atoms with E-state index in [4.69, 9.17) is 0 Å². The molecule has 0 spiro atoms. The SMILES string of the molecule is CC(=O)N[C@H](C=O)CC(=O)N[C@H](CC(C(=O)O)C(=O)N[C@@H](Cc1c[nH]c2cccc(C(=O)O)c12)C(=O)N[C@@H](CCC(=O)O)C(=O)N[C@H](C(=O)N[C@H](C(=O)O)C(=O)S)C1CCCCC1)C(=O)O. The number of fused-ring (bicyclic) bond motifs is 1. The quantitative estimate of drug-likeness (QED) is 0.0278. The molecule has 1 aromatic carbocycles. The first kappa shape index (κ1) is 53.0. The number of benzene rings is 1. The van der Waals surface area contributed by atoms with Gasteiger partial charge in [0.05, 0.1) is 18.0 Å². The average molecular weight is 948 g/mol. The molecule has 0 radical (unpaired) electrons. The molecule has 26 heteroatoms. The summed E-state index contributed by atoms with van der Waals surface area (Å²) in [6.07, 6.45) is 0.0598. The largest absolute Gasteiger partial charge is 0.481 e. The molecule has 2 aromatic rings. The Morgan fingerprint density at radius 2 is 1.38 bits per heavy atom. The van der Waals surface area contributed by atoms with Crippen LogP contribution in [0.4, 0.5) is 0 Å². The predicted molar refractivity (Wildman–Crippen MR) is 225 cm³/mol. The number of amides is 6. The molecule has 358 valence electrons. The normalized spacial score (nSPS) is 15.7. The summed E-state index contributed by atoms with van der Waals surface area (Å²) in [6, 6.07) is -6.86. The molecule has 1 aliphatic carbocycles. The van der Waals surface area contributed by atoms with Gasteiger partial charge in [0, 0.05) is 43.3 Å². The molecular formula is C40H49N7O18S. The van der Waals surface area contributed by atoms with Crippen LogP contribution in [0.25, 0.3) is 10.9 Å². The molecule has 0 bridgehead atoms. The summed E-state index contributed by atoms with van der Waals surface area (Å²) in [6.45, 7) is 1.04. The number of nitrogens with one attached hydrogen (secondary N) is 7. The van der Waals surface area contributed by atoms with Crippen molar-refractivity contribution in [2.75, 3.05) is 0 Å². The van der Waals surface area contributed by atoms with Crippen LogP contribution in [0.5, 0.6) is 0 Å². The van der Waals surface area contributed by atoms with Gasteiger partial charge in [-0.3, -0.25) is 43.2 Å². The van der Waals surface area contributed by atoms with Crippen molar-refractivity contribution in [3.05, 3.63) is 35.5 Å². The van der Waals surface area contributed by atoms with E-state index >= 15 is 0 Å². The van der Waals surface area contributed by atoms with Crippen LogP contribution in [0.1, 0.15) is 80.6 Å². The van der Waals surface area contributed by atoms with Gasteiger partial charge < -0.3 is 67.2 Å². The first-order valence-electron chi connectivity index (χ1n) is 20.2. The van der Waals surface area contributed by atoms with Crippen molar-refractivity contribution in [1.82, 2.24) is 36.9 Å². The van der Waals surface area contributed by atoms with Gasteiger partial charge in [-0.15, -0.1) is 12.6 Å². The Balaban J connectivity index is 2.04. The van der Waals surface area contributed by atoms with Gasteiger partial charge in [0.1, 0.15) is 36.4 Å². The second-order valence-electron chi connectivity index (χ2n) is 15.3. The monoisotopic (exact) mass is 947 g/mol. The van der Waals surface area contributed by atoms with Gasteiger partial charge in [-0.25, -0.2) is 14.4 Å². The molecule has 1 aromatic heterocycles. The Morgan fingerprint density at radius 3 is 1.92 bits per heavy atom. The third-order valence-corrected chi connectivity index (χ3v) is 10.8. The van der Waals surface area contributed by atoms with Crippen LogP contribution >= 0.6 is 12.6 Å². The van der Waals surface area contributed by atoms with E-state index in [1.54, 1.807) is 0 Å². The van der Waals surface area contributed by atoms with Crippen LogP contribution in [0.3, 0.4) is 0 Å². The van der Waals surface area contributed by atoms with Crippen molar-refractivity contribution < 1.29 is 87.9 Å². The number of hydrogen-bond donors (Lipinski definition) is 13. The highest BCUT2D eigenvalue weighted by Gasteiger charge is 2.39. The molecule has 1 aliphatic rings. The van der Waals surface area contributed by atoms with Crippen LogP contribution in [0, 0.1) is 11.8 Å². The van der Waals surface area contributed by atoms with Gasteiger partial charge in [-0.2, -0.15) is 0 Å². The maximum absolute atomic E-state index is 14.3. The Hall–Kier alpha value is -7.38. The fourth-order valence-electron chi connectivity index (χ4n) is 7.31. The first-order valence-corrected chi connectivity index (χ1v) is 20.7. The number of aldehydes is 1. The van der Waals surface area contributed by atoms with Crippen LogP contribution in [0.15, 0.2) is 24.4 Å². The maximum Gasteiger partial charge on any atom is 0.336 e. The number of aromatic nitrogens is 1. The molecule has 25 nitrogen and oxygen atoms in total. The van der Waals surface area contributed by atoms with Crippen LogP contribution < -0.4 is 31.9 Å². The summed E-state index contributed by atoms with van der Waals surface area (Å²) in [4.78, 5) is 166. The zero-order chi connectivity index (χ0) is 49.4. The summed E-state index contributed by atoms with van der Waals surface area (Å²) in [5, 5.41) is 60.7. The van der Waals surface area contributed by atoms with Gasteiger partial charge in [0.15, 0.2) is 6.04 Å². The third kappa shape index (κ3) is 15.4. The zero-order valence-electron chi connectivity index (χ0n) is 35.1. The van der Waals surface area contributed by atoms with E-state index in [-0.39, 0.29) is 28.3 Å². The fraction of sp³-hybridized carbons (Fsp3) is 0.475. The lowest BCUT2D eigenvalue weighted by Crippen LogP contribution is -2.60. The van der Waals surface area contributed by atoms with E-state index in [2.05, 4.69) is 38.9 Å². The maximum atomic E-state index is 14.3. The Kier molecular flexibility index (Phi) is 19.8. The summed E-state index contributed by atoms with van der Waals surface area (Å²) in [7, 11) is 0. The Morgan fingerprint density at radius 1 is 0.742 bits per heavy atom. The van der Waals surface area contributed by atoms with Gasteiger partial charge in [-0.05, 0) is 42.9 Å². The summed E-state index contributed by atoms with van der Waals surface area (Å²) < 4.78 is 0. The number of H-pyrrole nitrogens is 1. The number of carbonyl (C=O) groups is 13. The Labute approximate surface area is 379 Å². The lowest BCUT2D eigenvalue weighted by molar-refractivity contribution is -0.150. The van der Waals surface area contributed by atoms with Crippen LogP contribution in [-0.4, -0.2) is 143 Å². The lowest BCUT2D eigenvalue weighted by Gasteiger charge is -2.32. The number of carbonyl (C=O) groups excluding carboxylic acids is 8. The van der Waals surface area contributed by atoms with E-state index in [9.17, 15) is 87.9 Å². The minimum absolute atomic E-state index is 0.0363. The highest BCUT2D eigenvalue weighted by molar-refractivity contribution is 7.96. The van der Waals surface area contributed by atoms with E-state index in [1.165, 1.54) is 24.4 Å². The van der Waals surface area contributed by atoms with E-state index in [0.717, 1.165) is 13.3 Å². The Bertz CT molecular complexity index is 2230. The fourth-order valence-corrected chi connectivity index (χ4v) is 7.48. The van der Waals surface area contributed by atoms with Gasteiger partial charge in [0.25, 0.3) is 0 Å². The van der Waals surface area contributed by atoms with Crippen molar-refractivity contribution >= 4 is 100 Å². The number of aromatic amines is 1. The number of carboxylic acid groups (broad SMARTS) is 5. The minimum atomic E-state index is -2.35. The predicted octanol–water partition coefficient (Wildman–Crippen LogP) is -1.91. The molecule has 6 amide bonds. The zero-order valence-corrected chi connectivity index (χ0v) is 36.0. The summed E-state index contributed by atoms with van der Waals surface area (Å²) in [5.41, 5.74) is 0.00959. The van der Waals surface area contributed by atoms with Gasteiger partial charge in [-0.1, -0.05) is 25.3 Å². The molecule has 1 saturated carbocycles. The molecular weight excluding hydrogens is 899 g/mol. The highest BCUT2D eigenvalue weighted by Crippen LogP contribution is 2.28. The molecule has 1 fully saturated rings. The molecule has 3 rings (SSSR count). The highest BCUT2D eigenvalue weighted by atomic mass is 32.1. The molecule has 0 saturated heterocycles. The average Bonchev–Trinajstić information content (AvgIpc) is 3.66. The summed E-state index contributed by atoms with van der Waals surface area (Å²) in [5.74, 6) is -18.4. The van der Waals surface area contributed by atoms with Crippen molar-refractivity contribution in [2.24, 2.45) is 11.8 Å². The van der Waals surface area contributed by atoms with E-state index < -0.39 is 151 Å². The smallest absolute Gasteiger partial charge is 0.336 e. The molecule has 1 heterocycles. The van der Waals surface area contributed by atoms with Crippen molar-refractivity contribution in [2.45, 2.75) is 107 Å². The molecule has 66 heavy (non-hydrogen) atoms. The minimum Gasteiger partial charge on any atom is -0.481 e. The molecule has 1 unspecified atom stereocenters. The van der Waals surface area contributed by atoms with Crippen molar-refractivity contribution in [3.8, 4) is 0 Å². The number of carboxylic acids is 5.